The summed E-state index contributed by atoms with van der Waals surface area (Å²) in [7, 11) is 0. The molecule has 0 N–H and O–H groups in total. The van der Waals surface area contributed by atoms with Crippen LogP contribution in [-0.4, -0.2) is 6.61 Å². The van der Waals surface area contributed by atoms with Gasteiger partial charge in [0.1, 0.15) is 5.75 Å². The molecule has 0 spiro atoms. The molecule has 1 aromatic rings. The van der Waals surface area contributed by atoms with Gasteiger partial charge in [-0.15, -0.1) is 0 Å². The van der Waals surface area contributed by atoms with E-state index < -0.39 is 0 Å². The summed E-state index contributed by atoms with van der Waals surface area (Å²) in [5.74, 6) is 1.47. The van der Waals surface area contributed by atoms with E-state index in [0.29, 0.717) is 5.92 Å². The average molecular weight is 163 g/mol. The van der Waals surface area contributed by atoms with Crippen LogP contribution in [0.15, 0.2) is 24.3 Å². The lowest BCUT2D eigenvalue weighted by atomic mass is 10.1. The Labute approximate surface area is 74.4 Å². The first-order chi connectivity index (χ1) is 5.83. The van der Waals surface area contributed by atoms with Gasteiger partial charge in [-0.1, -0.05) is 38.5 Å². The topological polar surface area (TPSA) is 9.23 Å². The number of para-hydroxylation sites is 1. The predicted octanol–water partition coefficient (Wildman–Crippen LogP) is 2.91. The molecule has 65 valence electrons. The van der Waals surface area contributed by atoms with Crippen molar-refractivity contribution in [1.29, 1.82) is 0 Å². The third-order valence-corrected chi connectivity index (χ3v) is 1.90. The van der Waals surface area contributed by atoms with Crippen LogP contribution in [-0.2, 0) is 0 Å². The second-order valence-corrected chi connectivity index (χ2v) is 3.05. The maximum Gasteiger partial charge on any atom is 0.127 e. The lowest BCUT2D eigenvalue weighted by molar-refractivity contribution is 0.256. The standard InChI is InChI=1S/C11H15O/c1-3-10(2)9-12-11-7-5-4-6-8-11/h4-7,10H,3,9H2,1-2H3/t10-/m0/s1. The highest BCUT2D eigenvalue weighted by Gasteiger charge is 1.98. The molecule has 0 aliphatic heterocycles. The fourth-order valence-electron chi connectivity index (χ4n) is 0.817. The van der Waals surface area contributed by atoms with E-state index in [0.717, 1.165) is 18.8 Å². The lowest BCUT2D eigenvalue weighted by Crippen LogP contribution is -2.06. The zero-order valence-corrected chi connectivity index (χ0v) is 7.71. The summed E-state index contributed by atoms with van der Waals surface area (Å²) in [6.07, 6.45) is 1.16. The molecule has 0 saturated carbocycles. The minimum Gasteiger partial charge on any atom is -0.493 e. The molecular weight excluding hydrogens is 148 g/mol. The van der Waals surface area contributed by atoms with Crippen molar-refractivity contribution in [3.63, 3.8) is 0 Å². The molecule has 1 heteroatoms. The first kappa shape index (κ1) is 9.11. The molecule has 1 aromatic carbocycles. The Balaban J connectivity index is 2.33. The van der Waals surface area contributed by atoms with Crippen molar-refractivity contribution in [2.24, 2.45) is 5.92 Å². The molecule has 0 aromatic heterocycles. The molecule has 0 saturated heterocycles. The van der Waals surface area contributed by atoms with Crippen molar-refractivity contribution >= 4 is 0 Å². The van der Waals surface area contributed by atoms with Gasteiger partial charge in [-0.2, -0.15) is 0 Å². The van der Waals surface area contributed by atoms with Gasteiger partial charge >= 0.3 is 0 Å². The van der Waals surface area contributed by atoms with Crippen LogP contribution in [0.25, 0.3) is 0 Å². The fraction of sp³-hybridized carbons (Fsp3) is 0.455. The van der Waals surface area contributed by atoms with E-state index in [2.05, 4.69) is 19.9 Å². The highest BCUT2D eigenvalue weighted by molar-refractivity contribution is 5.19. The maximum absolute atomic E-state index is 5.50. The minimum absolute atomic E-state index is 0.624. The van der Waals surface area contributed by atoms with Crippen LogP contribution >= 0.6 is 0 Å². The Hall–Kier alpha value is -0.980. The first-order valence-corrected chi connectivity index (χ1v) is 4.42. The molecule has 0 amide bonds. The molecule has 12 heavy (non-hydrogen) atoms. The van der Waals surface area contributed by atoms with Gasteiger partial charge in [-0.25, -0.2) is 0 Å². The predicted molar refractivity (Wildman–Crippen MR) is 50.2 cm³/mol. The first-order valence-electron chi connectivity index (χ1n) is 4.42. The second-order valence-electron chi connectivity index (χ2n) is 3.05. The zero-order valence-electron chi connectivity index (χ0n) is 7.71. The normalized spacial score (nSPS) is 12.5. The number of benzene rings is 1. The van der Waals surface area contributed by atoms with E-state index >= 15 is 0 Å². The van der Waals surface area contributed by atoms with Crippen LogP contribution in [0.1, 0.15) is 20.3 Å². The van der Waals surface area contributed by atoms with Crippen LogP contribution in [0.4, 0.5) is 0 Å². The molecule has 0 aliphatic rings. The lowest BCUT2D eigenvalue weighted by Gasteiger charge is -2.09. The molecular formula is C11H15O. The Bertz CT molecular complexity index is 206. The fourth-order valence-corrected chi connectivity index (χ4v) is 0.817. The molecule has 1 nitrogen and oxygen atoms in total. The Morgan fingerprint density at radius 2 is 2.33 bits per heavy atom. The van der Waals surface area contributed by atoms with Crippen LogP contribution < -0.4 is 4.74 Å². The number of hydrogen-bond acceptors (Lipinski definition) is 1. The van der Waals surface area contributed by atoms with Gasteiger partial charge in [-0.05, 0) is 12.0 Å². The highest BCUT2D eigenvalue weighted by Crippen LogP contribution is 2.10. The quantitative estimate of drug-likeness (QED) is 0.663. The molecule has 0 bridgehead atoms. The summed E-state index contributed by atoms with van der Waals surface area (Å²) in [6.45, 7) is 5.14. The van der Waals surface area contributed by atoms with Crippen LogP contribution in [0.5, 0.6) is 5.75 Å². The van der Waals surface area contributed by atoms with Gasteiger partial charge in [0.25, 0.3) is 0 Å². The highest BCUT2D eigenvalue weighted by atomic mass is 16.5. The minimum atomic E-state index is 0.624. The summed E-state index contributed by atoms with van der Waals surface area (Å²) in [5.41, 5.74) is 0. The molecule has 0 heterocycles. The largest absolute Gasteiger partial charge is 0.493 e. The van der Waals surface area contributed by atoms with Gasteiger partial charge in [0.15, 0.2) is 0 Å². The summed E-state index contributed by atoms with van der Waals surface area (Å²) in [4.78, 5) is 0. The summed E-state index contributed by atoms with van der Waals surface area (Å²) >= 11 is 0. The summed E-state index contributed by atoms with van der Waals surface area (Å²) in [6, 6.07) is 10.7. The van der Waals surface area contributed by atoms with E-state index in [-0.39, 0.29) is 0 Å². The number of ether oxygens (including phenoxy) is 1. The number of rotatable bonds is 4. The number of hydrogen-bond donors (Lipinski definition) is 0. The Morgan fingerprint density at radius 1 is 1.50 bits per heavy atom. The van der Waals surface area contributed by atoms with Gasteiger partial charge in [0, 0.05) is 6.07 Å². The van der Waals surface area contributed by atoms with Crippen molar-refractivity contribution in [3.8, 4) is 5.75 Å². The van der Waals surface area contributed by atoms with Gasteiger partial charge < -0.3 is 4.74 Å². The van der Waals surface area contributed by atoms with Gasteiger partial charge in [0.05, 0.1) is 6.61 Å². The van der Waals surface area contributed by atoms with Crippen LogP contribution in [0.2, 0.25) is 0 Å². The Morgan fingerprint density at radius 3 is 2.92 bits per heavy atom. The van der Waals surface area contributed by atoms with Crippen molar-refractivity contribution < 1.29 is 4.74 Å². The van der Waals surface area contributed by atoms with Crippen LogP contribution in [0, 0.1) is 12.0 Å². The SMILES string of the molecule is CC[C@H](C)COc1[c]cccc1. The molecule has 0 aliphatic carbocycles. The van der Waals surface area contributed by atoms with Crippen LogP contribution in [0.3, 0.4) is 0 Å². The summed E-state index contributed by atoms with van der Waals surface area (Å²) in [5, 5.41) is 0. The van der Waals surface area contributed by atoms with Gasteiger partial charge in [0.2, 0.25) is 0 Å². The van der Waals surface area contributed by atoms with Gasteiger partial charge in [-0.3, -0.25) is 0 Å². The average Bonchev–Trinajstić information content (AvgIpc) is 2.16. The third-order valence-electron chi connectivity index (χ3n) is 1.90. The Kier molecular flexibility index (Phi) is 3.65. The van der Waals surface area contributed by atoms with Crippen molar-refractivity contribution in [1.82, 2.24) is 0 Å². The smallest absolute Gasteiger partial charge is 0.127 e. The van der Waals surface area contributed by atoms with E-state index in [9.17, 15) is 0 Å². The second kappa shape index (κ2) is 4.81. The molecule has 1 atom stereocenters. The van der Waals surface area contributed by atoms with E-state index in [1.807, 2.05) is 24.3 Å². The molecule has 1 radical (unpaired) electrons. The van der Waals surface area contributed by atoms with Crippen molar-refractivity contribution in [2.75, 3.05) is 6.61 Å². The molecule has 0 fully saturated rings. The van der Waals surface area contributed by atoms with E-state index in [1.54, 1.807) is 0 Å². The molecule has 1 rings (SSSR count). The van der Waals surface area contributed by atoms with Crippen molar-refractivity contribution in [2.45, 2.75) is 20.3 Å². The third kappa shape index (κ3) is 2.95. The van der Waals surface area contributed by atoms with E-state index in [4.69, 9.17) is 4.74 Å². The zero-order chi connectivity index (χ0) is 8.81. The van der Waals surface area contributed by atoms with E-state index in [1.165, 1.54) is 0 Å². The maximum atomic E-state index is 5.50. The summed E-state index contributed by atoms with van der Waals surface area (Å²) < 4.78 is 5.50. The monoisotopic (exact) mass is 163 g/mol. The van der Waals surface area contributed by atoms with Crippen molar-refractivity contribution in [3.05, 3.63) is 30.3 Å². The molecule has 0 unspecified atom stereocenters.